The molecule has 7 heteroatoms. The second-order valence-corrected chi connectivity index (χ2v) is 5.85. The summed E-state index contributed by atoms with van der Waals surface area (Å²) in [4.78, 5) is 16.3. The molecule has 0 aliphatic heterocycles. The number of nitrogens with zero attached hydrogens (tertiary/aromatic N) is 1. The van der Waals surface area contributed by atoms with E-state index in [4.69, 9.17) is 17.3 Å². The van der Waals surface area contributed by atoms with Crippen LogP contribution in [0.15, 0.2) is 23.6 Å². The Morgan fingerprint density at radius 2 is 2.33 bits per heavy atom. The highest BCUT2D eigenvalue weighted by molar-refractivity contribution is 7.09. The molecular weight excluding hydrogens is 313 g/mol. The first-order valence-electron chi connectivity index (χ1n) is 6.42. The highest BCUT2D eigenvalue weighted by Crippen LogP contribution is 2.25. The van der Waals surface area contributed by atoms with Gasteiger partial charge in [-0.2, -0.15) is 0 Å². The zero-order chi connectivity index (χ0) is 15.4. The third-order valence-electron chi connectivity index (χ3n) is 2.92. The number of halogens is 2. The monoisotopic (exact) mass is 327 g/mol. The summed E-state index contributed by atoms with van der Waals surface area (Å²) in [5.74, 6) is -0.807. The number of aromatic nitrogens is 1. The second kappa shape index (κ2) is 6.98. The fraction of sp³-hybridized carbons (Fsp3) is 0.286. The van der Waals surface area contributed by atoms with Gasteiger partial charge in [-0.3, -0.25) is 4.79 Å². The van der Waals surface area contributed by atoms with Gasteiger partial charge in [-0.15, -0.1) is 11.3 Å². The number of carbonyl (C=O) groups is 1. The van der Waals surface area contributed by atoms with Gasteiger partial charge in [0.05, 0.1) is 11.0 Å². The Kier molecular flexibility index (Phi) is 5.27. The maximum absolute atomic E-state index is 13.8. The van der Waals surface area contributed by atoms with Crippen LogP contribution in [0.25, 0.3) is 0 Å². The predicted molar refractivity (Wildman–Crippen MR) is 82.2 cm³/mol. The summed E-state index contributed by atoms with van der Waals surface area (Å²) in [6, 6.07) is 3.87. The molecule has 112 valence electrons. The molecule has 0 saturated heterocycles. The quantitative estimate of drug-likeness (QED) is 0.887. The minimum absolute atomic E-state index is 0.268. The van der Waals surface area contributed by atoms with Gasteiger partial charge in [0.25, 0.3) is 5.91 Å². The van der Waals surface area contributed by atoms with E-state index in [1.807, 2.05) is 0 Å². The Morgan fingerprint density at radius 1 is 1.57 bits per heavy atom. The normalized spacial score (nSPS) is 12.2. The number of carbonyl (C=O) groups excluding carboxylic acids is 1. The molecule has 2 aromatic rings. The smallest absolute Gasteiger partial charge is 0.271 e. The molecule has 0 aliphatic carbocycles. The summed E-state index contributed by atoms with van der Waals surface area (Å²) in [5.41, 5.74) is 6.02. The van der Waals surface area contributed by atoms with Gasteiger partial charge in [-0.25, -0.2) is 9.37 Å². The molecule has 1 atom stereocenters. The van der Waals surface area contributed by atoms with Crippen molar-refractivity contribution in [1.82, 2.24) is 10.3 Å². The van der Waals surface area contributed by atoms with E-state index in [2.05, 4.69) is 10.3 Å². The van der Waals surface area contributed by atoms with Gasteiger partial charge in [0, 0.05) is 22.4 Å². The van der Waals surface area contributed by atoms with Crippen LogP contribution in [0.3, 0.4) is 0 Å². The number of hydrogen-bond donors (Lipinski definition) is 2. The van der Waals surface area contributed by atoms with Crippen LogP contribution < -0.4 is 11.1 Å². The summed E-state index contributed by atoms with van der Waals surface area (Å²) >= 11 is 7.36. The van der Waals surface area contributed by atoms with Crippen LogP contribution in [0.4, 0.5) is 4.39 Å². The fourth-order valence-corrected chi connectivity index (χ4v) is 3.04. The van der Waals surface area contributed by atoms with E-state index < -0.39 is 11.9 Å². The minimum Gasteiger partial charge on any atom is -0.344 e. The number of nitrogens with two attached hydrogens (primary N) is 1. The lowest BCUT2D eigenvalue weighted by Gasteiger charge is -2.15. The largest absolute Gasteiger partial charge is 0.344 e. The van der Waals surface area contributed by atoms with E-state index >= 15 is 0 Å². The van der Waals surface area contributed by atoms with E-state index in [0.29, 0.717) is 18.7 Å². The highest BCUT2D eigenvalue weighted by Gasteiger charge is 2.19. The van der Waals surface area contributed by atoms with Crippen molar-refractivity contribution in [2.75, 3.05) is 6.54 Å². The number of rotatable bonds is 5. The summed E-state index contributed by atoms with van der Waals surface area (Å²) < 4.78 is 13.8. The minimum atomic E-state index is -0.550. The number of benzene rings is 1. The topological polar surface area (TPSA) is 68.0 Å². The molecule has 4 nitrogen and oxygen atoms in total. The van der Waals surface area contributed by atoms with Crippen molar-refractivity contribution in [2.24, 2.45) is 5.73 Å². The molecular formula is C14H15ClFN3OS. The molecule has 0 spiro atoms. The lowest BCUT2D eigenvalue weighted by Crippen LogP contribution is -2.27. The Bertz CT molecular complexity index is 627. The Hall–Kier alpha value is -1.50. The van der Waals surface area contributed by atoms with Gasteiger partial charge >= 0.3 is 0 Å². The van der Waals surface area contributed by atoms with Gasteiger partial charge in [-0.05, 0) is 25.6 Å². The SMILES string of the molecule is CC(NC(=O)c1csc(CCN)n1)c1c(F)cccc1Cl. The third-order valence-corrected chi connectivity index (χ3v) is 4.16. The zero-order valence-corrected chi connectivity index (χ0v) is 13.0. The molecule has 3 N–H and O–H groups in total. The first kappa shape index (κ1) is 15.9. The number of thiazole rings is 1. The van der Waals surface area contributed by atoms with Crippen LogP contribution in [0.5, 0.6) is 0 Å². The number of nitrogens with one attached hydrogen (secondary N) is 1. The van der Waals surface area contributed by atoms with Crippen molar-refractivity contribution in [1.29, 1.82) is 0 Å². The van der Waals surface area contributed by atoms with Crippen LogP contribution >= 0.6 is 22.9 Å². The fourth-order valence-electron chi connectivity index (χ4n) is 1.92. The van der Waals surface area contributed by atoms with Crippen LogP contribution in [-0.2, 0) is 6.42 Å². The van der Waals surface area contributed by atoms with Crippen LogP contribution in [0.1, 0.15) is 34.0 Å². The molecule has 2 rings (SSSR count). The average molecular weight is 328 g/mol. The highest BCUT2D eigenvalue weighted by atomic mass is 35.5. The molecule has 0 aliphatic rings. The van der Waals surface area contributed by atoms with Gasteiger partial charge in [0.2, 0.25) is 0 Å². The van der Waals surface area contributed by atoms with Crippen molar-refractivity contribution < 1.29 is 9.18 Å². The predicted octanol–water partition coefficient (Wildman–Crippen LogP) is 2.93. The molecule has 1 aromatic heterocycles. The average Bonchev–Trinajstić information content (AvgIpc) is 2.87. The van der Waals surface area contributed by atoms with E-state index in [1.54, 1.807) is 18.4 Å². The summed E-state index contributed by atoms with van der Waals surface area (Å²) in [5, 5.41) is 5.45. The van der Waals surface area contributed by atoms with E-state index in [0.717, 1.165) is 5.01 Å². The van der Waals surface area contributed by atoms with Gasteiger partial charge in [-0.1, -0.05) is 17.7 Å². The Morgan fingerprint density at radius 3 is 3.00 bits per heavy atom. The molecule has 0 radical (unpaired) electrons. The molecule has 0 fully saturated rings. The van der Waals surface area contributed by atoms with Crippen LogP contribution in [0, 0.1) is 5.82 Å². The van der Waals surface area contributed by atoms with Gasteiger partial charge < -0.3 is 11.1 Å². The Labute approximate surface area is 131 Å². The summed E-state index contributed by atoms with van der Waals surface area (Å²) in [6.45, 7) is 2.16. The van der Waals surface area contributed by atoms with Crippen LogP contribution in [0.2, 0.25) is 5.02 Å². The molecule has 1 amide bonds. The summed E-state index contributed by atoms with van der Waals surface area (Å²) in [7, 11) is 0. The second-order valence-electron chi connectivity index (χ2n) is 4.50. The first-order valence-corrected chi connectivity index (χ1v) is 7.68. The molecule has 0 saturated carbocycles. The number of hydrogen-bond acceptors (Lipinski definition) is 4. The molecule has 1 aromatic carbocycles. The van der Waals surface area contributed by atoms with Crippen molar-refractivity contribution in [2.45, 2.75) is 19.4 Å². The lowest BCUT2D eigenvalue weighted by molar-refractivity contribution is 0.0935. The maximum atomic E-state index is 13.8. The van der Waals surface area contributed by atoms with Crippen molar-refractivity contribution in [3.63, 3.8) is 0 Å². The number of amides is 1. The van der Waals surface area contributed by atoms with Crippen LogP contribution in [-0.4, -0.2) is 17.4 Å². The van der Waals surface area contributed by atoms with E-state index in [1.165, 1.54) is 23.5 Å². The standard InChI is InChI=1S/C14H15ClFN3OS/c1-8(13-9(15)3-2-4-10(13)16)18-14(20)11-7-21-12(19-11)5-6-17/h2-4,7-8H,5-6,17H2,1H3,(H,18,20). The third kappa shape index (κ3) is 3.78. The van der Waals surface area contributed by atoms with Crippen molar-refractivity contribution in [3.8, 4) is 0 Å². The first-order chi connectivity index (χ1) is 10.0. The van der Waals surface area contributed by atoms with Gasteiger partial charge in [0.1, 0.15) is 11.5 Å². The van der Waals surface area contributed by atoms with Crippen molar-refractivity contribution >= 4 is 28.8 Å². The molecule has 21 heavy (non-hydrogen) atoms. The van der Waals surface area contributed by atoms with E-state index in [9.17, 15) is 9.18 Å². The summed E-state index contributed by atoms with van der Waals surface area (Å²) in [6.07, 6.45) is 0.632. The molecule has 1 unspecified atom stereocenters. The van der Waals surface area contributed by atoms with E-state index in [-0.39, 0.29) is 16.5 Å². The van der Waals surface area contributed by atoms with Crippen molar-refractivity contribution in [3.05, 3.63) is 50.7 Å². The maximum Gasteiger partial charge on any atom is 0.271 e. The van der Waals surface area contributed by atoms with Gasteiger partial charge in [0.15, 0.2) is 0 Å². The lowest BCUT2D eigenvalue weighted by atomic mass is 10.1. The zero-order valence-electron chi connectivity index (χ0n) is 11.4. The molecule has 0 bridgehead atoms. The Balaban J connectivity index is 2.11. The molecule has 1 heterocycles.